The standard InChI is InChI=1S/C15H23NO4S/c1-10-6-11(2)15(12(3)7-10)21(17,18)20-16-8-13(4)19-14(5)9-16/h6-7,13-14H,8-9H2,1-5H3. The molecule has 2 unspecified atom stereocenters. The van der Waals surface area contributed by atoms with Crippen LogP contribution in [-0.4, -0.2) is 38.8 Å². The van der Waals surface area contributed by atoms with Crippen molar-refractivity contribution in [1.29, 1.82) is 0 Å². The Bertz CT molecular complexity index is 594. The maximum atomic E-state index is 12.6. The van der Waals surface area contributed by atoms with Crippen LogP contribution in [0.2, 0.25) is 0 Å². The van der Waals surface area contributed by atoms with Crippen molar-refractivity contribution in [2.24, 2.45) is 0 Å². The molecule has 2 rings (SSSR count). The van der Waals surface area contributed by atoms with Crippen molar-refractivity contribution in [1.82, 2.24) is 5.06 Å². The third-order valence-corrected chi connectivity index (χ3v) is 5.00. The number of hydroxylamine groups is 2. The molecule has 0 spiro atoms. The highest BCUT2D eigenvalue weighted by Gasteiger charge is 2.29. The van der Waals surface area contributed by atoms with E-state index in [1.165, 1.54) is 5.06 Å². The van der Waals surface area contributed by atoms with Crippen molar-refractivity contribution in [2.75, 3.05) is 13.1 Å². The van der Waals surface area contributed by atoms with Crippen LogP contribution in [0.15, 0.2) is 17.0 Å². The molecule has 0 bridgehead atoms. The first-order chi connectivity index (χ1) is 9.69. The molecule has 0 saturated carbocycles. The third kappa shape index (κ3) is 3.83. The first kappa shape index (κ1) is 16.4. The van der Waals surface area contributed by atoms with Gasteiger partial charge >= 0.3 is 10.1 Å². The molecule has 1 aliphatic heterocycles. The SMILES string of the molecule is Cc1cc(C)c(S(=O)(=O)ON2CC(C)OC(C)C2)c(C)c1. The van der Waals surface area contributed by atoms with Gasteiger partial charge in [-0.05, 0) is 45.7 Å². The zero-order chi connectivity index (χ0) is 15.8. The molecule has 6 heteroatoms. The molecule has 0 aromatic heterocycles. The van der Waals surface area contributed by atoms with Gasteiger partial charge in [0.1, 0.15) is 4.90 Å². The third-order valence-electron chi connectivity index (χ3n) is 3.44. The Kier molecular flexibility index (Phi) is 4.72. The van der Waals surface area contributed by atoms with Gasteiger partial charge in [-0.15, -0.1) is 0 Å². The average molecular weight is 313 g/mol. The lowest BCUT2D eigenvalue weighted by atomic mass is 10.1. The van der Waals surface area contributed by atoms with Crippen molar-refractivity contribution in [3.05, 3.63) is 28.8 Å². The second kappa shape index (κ2) is 6.04. The fourth-order valence-corrected chi connectivity index (χ4v) is 4.31. The topological polar surface area (TPSA) is 55.8 Å². The van der Waals surface area contributed by atoms with Crippen molar-refractivity contribution >= 4 is 10.1 Å². The Morgan fingerprint density at radius 3 is 2.05 bits per heavy atom. The van der Waals surface area contributed by atoms with Gasteiger partial charge in [-0.1, -0.05) is 17.7 Å². The van der Waals surface area contributed by atoms with Gasteiger partial charge in [0.25, 0.3) is 0 Å². The van der Waals surface area contributed by atoms with Crippen molar-refractivity contribution in [3.63, 3.8) is 0 Å². The molecule has 1 saturated heterocycles. The number of hydrogen-bond acceptors (Lipinski definition) is 5. The Morgan fingerprint density at radius 1 is 1.10 bits per heavy atom. The molecule has 0 aliphatic carbocycles. The largest absolute Gasteiger partial charge is 0.373 e. The zero-order valence-electron chi connectivity index (χ0n) is 13.2. The fourth-order valence-electron chi connectivity index (χ4n) is 2.93. The van der Waals surface area contributed by atoms with E-state index < -0.39 is 10.1 Å². The first-order valence-corrected chi connectivity index (χ1v) is 8.52. The quantitative estimate of drug-likeness (QED) is 0.857. The number of nitrogens with zero attached hydrogens (tertiary/aromatic N) is 1. The second-order valence-corrected chi connectivity index (χ2v) is 7.33. The minimum atomic E-state index is -3.81. The second-order valence-electron chi connectivity index (χ2n) is 5.86. The minimum Gasteiger partial charge on any atom is -0.373 e. The summed E-state index contributed by atoms with van der Waals surface area (Å²) in [5.74, 6) is 0. The van der Waals surface area contributed by atoms with E-state index in [0.29, 0.717) is 24.2 Å². The molecule has 21 heavy (non-hydrogen) atoms. The number of benzene rings is 1. The van der Waals surface area contributed by atoms with Gasteiger partial charge in [0.15, 0.2) is 0 Å². The monoisotopic (exact) mass is 313 g/mol. The molecule has 0 N–H and O–H groups in total. The molecule has 1 fully saturated rings. The number of ether oxygens (including phenoxy) is 1. The summed E-state index contributed by atoms with van der Waals surface area (Å²) in [5, 5.41) is 1.48. The number of hydrogen-bond donors (Lipinski definition) is 0. The van der Waals surface area contributed by atoms with Crippen LogP contribution in [0.4, 0.5) is 0 Å². The lowest BCUT2D eigenvalue weighted by Gasteiger charge is -2.33. The number of aryl methyl sites for hydroxylation is 3. The predicted octanol–water partition coefficient (Wildman–Crippen LogP) is 2.34. The lowest BCUT2D eigenvalue weighted by Crippen LogP contribution is -2.46. The van der Waals surface area contributed by atoms with Gasteiger partial charge in [0, 0.05) is 0 Å². The van der Waals surface area contributed by atoms with Crippen molar-refractivity contribution in [3.8, 4) is 0 Å². The van der Waals surface area contributed by atoms with Gasteiger partial charge in [-0.25, -0.2) is 0 Å². The summed E-state index contributed by atoms with van der Waals surface area (Å²) in [7, 11) is -3.81. The van der Waals surface area contributed by atoms with Gasteiger partial charge < -0.3 is 4.74 Å². The van der Waals surface area contributed by atoms with Crippen LogP contribution in [0.1, 0.15) is 30.5 Å². The summed E-state index contributed by atoms with van der Waals surface area (Å²) in [4.78, 5) is 0.264. The molecule has 118 valence electrons. The van der Waals surface area contributed by atoms with Crippen molar-refractivity contribution < 1.29 is 17.4 Å². The molecule has 1 heterocycles. The van der Waals surface area contributed by atoms with Crippen molar-refractivity contribution in [2.45, 2.75) is 51.7 Å². The van der Waals surface area contributed by atoms with E-state index in [4.69, 9.17) is 9.02 Å². The molecule has 0 amide bonds. The summed E-state index contributed by atoms with van der Waals surface area (Å²) < 4.78 is 36.0. The van der Waals surface area contributed by atoms with Crippen LogP contribution < -0.4 is 0 Å². The van der Waals surface area contributed by atoms with Gasteiger partial charge in [-0.2, -0.15) is 17.8 Å². The molecule has 1 aromatic carbocycles. The summed E-state index contributed by atoms with van der Waals surface area (Å²) in [6.45, 7) is 10.2. The highest BCUT2D eigenvalue weighted by atomic mass is 32.2. The molecular formula is C15H23NO4S. The molecule has 5 nitrogen and oxygen atoms in total. The normalized spacial score (nSPS) is 24.2. The van der Waals surface area contributed by atoms with E-state index in [0.717, 1.165) is 5.56 Å². The summed E-state index contributed by atoms with van der Waals surface area (Å²) in [6.07, 6.45) is -0.103. The molecule has 0 radical (unpaired) electrons. The van der Waals surface area contributed by atoms with E-state index in [1.54, 1.807) is 13.8 Å². The van der Waals surface area contributed by atoms with E-state index in [2.05, 4.69) is 0 Å². The zero-order valence-corrected chi connectivity index (χ0v) is 14.0. The Balaban J connectivity index is 2.27. The van der Waals surface area contributed by atoms with Crippen LogP contribution in [0.5, 0.6) is 0 Å². The van der Waals surface area contributed by atoms with Crippen LogP contribution in [0.25, 0.3) is 0 Å². The van der Waals surface area contributed by atoms with Gasteiger partial charge in [0.05, 0.1) is 25.3 Å². The highest BCUT2D eigenvalue weighted by molar-refractivity contribution is 7.86. The summed E-state index contributed by atoms with van der Waals surface area (Å²) in [6, 6.07) is 3.71. The number of morpholine rings is 1. The molecule has 2 atom stereocenters. The predicted molar refractivity (Wildman–Crippen MR) is 80.5 cm³/mol. The lowest BCUT2D eigenvalue weighted by molar-refractivity contribution is -0.166. The van der Waals surface area contributed by atoms with Crippen LogP contribution in [0.3, 0.4) is 0 Å². The van der Waals surface area contributed by atoms with Crippen LogP contribution in [0, 0.1) is 20.8 Å². The smallest absolute Gasteiger partial charge is 0.313 e. The van der Waals surface area contributed by atoms with E-state index in [-0.39, 0.29) is 17.1 Å². The van der Waals surface area contributed by atoms with Gasteiger partial charge in [0.2, 0.25) is 0 Å². The number of rotatable bonds is 3. The summed E-state index contributed by atoms with van der Waals surface area (Å²) >= 11 is 0. The Hall–Kier alpha value is -0.950. The molecule has 1 aromatic rings. The van der Waals surface area contributed by atoms with E-state index >= 15 is 0 Å². The fraction of sp³-hybridized carbons (Fsp3) is 0.600. The van der Waals surface area contributed by atoms with Crippen LogP contribution in [-0.2, 0) is 19.1 Å². The molecular weight excluding hydrogens is 290 g/mol. The van der Waals surface area contributed by atoms with E-state index in [9.17, 15) is 8.42 Å². The van der Waals surface area contributed by atoms with Crippen LogP contribution >= 0.6 is 0 Å². The Morgan fingerprint density at radius 2 is 1.57 bits per heavy atom. The maximum absolute atomic E-state index is 12.6. The average Bonchev–Trinajstić information content (AvgIpc) is 2.23. The minimum absolute atomic E-state index is 0.0517. The Labute approximate surface area is 126 Å². The van der Waals surface area contributed by atoms with E-state index in [1.807, 2.05) is 32.9 Å². The van der Waals surface area contributed by atoms with Gasteiger partial charge in [-0.3, -0.25) is 0 Å². The molecule has 1 aliphatic rings. The maximum Gasteiger partial charge on any atom is 0.313 e. The first-order valence-electron chi connectivity index (χ1n) is 7.12. The highest BCUT2D eigenvalue weighted by Crippen LogP contribution is 2.25. The summed E-state index contributed by atoms with van der Waals surface area (Å²) in [5.41, 5.74) is 2.46.